The van der Waals surface area contributed by atoms with Crippen molar-refractivity contribution in [2.24, 2.45) is 0 Å². The largest absolute Gasteiger partial charge is 0.494 e. The molecule has 9 nitrogen and oxygen atoms in total. The molecule has 2 N–H and O–H groups in total. The molecule has 4 rings (SSSR count). The molecule has 2 aliphatic heterocycles. The SMILES string of the molecule is CCOc1cc2c(cc1C(=O)NC)C(=N)N(CC(=O)c1cc(C(C)C)c(OC)c(N3CCOCC3)c1)C2. The van der Waals surface area contributed by atoms with Crippen LogP contribution in [0.2, 0.25) is 0 Å². The van der Waals surface area contributed by atoms with E-state index in [2.05, 4.69) is 24.1 Å². The topological polar surface area (TPSA) is 104 Å². The fourth-order valence-electron chi connectivity index (χ4n) is 4.90. The number of ether oxygens (including phenoxy) is 3. The second-order valence-electron chi connectivity index (χ2n) is 9.52. The van der Waals surface area contributed by atoms with E-state index in [0.29, 0.717) is 48.8 Å². The number of carbonyl (C=O) groups excluding carboxylic acids is 2. The van der Waals surface area contributed by atoms with Crippen molar-refractivity contribution >= 4 is 23.2 Å². The van der Waals surface area contributed by atoms with Gasteiger partial charge in [0.1, 0.15) is 17.3 Å². The summed E-state index contributed by atoms with van der Waals surface area (Å²) in [6.45, 7) is 9.62. The highest BCUT2D eigenvalue weighted by atomic mass is 16.5. The maximum absolute atomic E-state index is 13.6. The molecule has 1 fully saturated rings. The van der Waals surface area contributed by atoms with Gasteiger partial charge in [-0.25, -0.2) is 0 Å². The van der Waals surface area contributed by atoms with Crippen molar-refractivity contribution < 1.29 is 23.8 Å². The number of ketones is 1. The van der Waals surface area contributed by atoms with Gasteiger partial charge in [0.05, 0.1) is 44.7 Å². The first-order valence-electron chi connectivity index (χ1n) is 12.7. The molecule has 0 radical (unpaired) electrons. The van der Waals surface area contributed by atoms with Crippen LogP contribution in [0.25, 0.3) is 0 Å². The summed E-state index contributed by atoms with van der Waals surface area (Å²) in [6, 6.07) is 7.32. The van der Waals surface area contributed by atoms with Gasteiger partial charge in [-0.2, -0.15) is 0 Å². The lowest BCUT2D eigenvalue weighted by molar-refractivity contribution is 0.0953. The van der Waals surface area contributed by atoms with Crippen LogP contribution in [0, 0.1) is 5.41 Å². The molecule has 2 aromatic carbocycles. The van der Waals surface area contributed by atoms with Crippen LogP contribution in [0.5, 0.6) is 11.5 Å². The smallest absolute Gasteiger partial charge is 0.254 e. The van der Waals surface area contributed by atoms with Crippen molar-refractivity contribution in [3.63, 3.8) is 0 Å². The van der Waals surface area contributed by atoms with Gasteiger partial charge in [0.25, 0.3) is 5.91 Å². The maximum Gasteiger partial charge on any atom is 0.254 e. The van der Waals surface area contributed by atoms with Gasteiger partial charge in [-0.15, -0.1) is 0 Å². The summed E-state index contributed by atoms with van der Waals surface area (Å²) in [5, 5.41) is 11.4. The molecular formula is C28H36N4O5. The molecule has 0 aromatic heterocycles. The Kier molecular flexibility index (Phi) is 8.02. The van der Waals surface area contributed by atoms with E-state index in [1.807, 2.05) is 25.1 Å². The van der Waals surface area contributed by atoms with E-state index in [-0.39, 0.29) is 30.0 Å². The number of Topliss-reactive ketones (excluding diaryl/α,β-unsaturated/α-hetero) is 1. The second kappa shape index (κ2) is 11.2. The van der Waals surface area contributed by atoms with E-state index < -0.39 is 0 Å². The summed E-state index contributed by atoms with van der Waals surface area (Å²) in [5.74, 6) is 1.31. The lowest BCUT2D eigenvalue weighted by Crippen LogP contribution is -2.37. The summed E-state index contributed by atoms with van der Waals surface area (Å²) in [6.07, 6.45) is 0. The van der Waals surface area contributed by atoms with Gasteiger partial charge in [-0.05, 0) is 48.2 Å². The van der Waals surface area contributed by atoms with E-state index in [9.17, 15) is 9.59 Å². The van der Waals surface area contributed by atoms with E-state index in [4.69, 9.17) is 19.6 Å². The average Bonchev–Trinajstić information content (AvgIpc) is 3.21. The number of amides is 1. The number of fused-ring (bicyclic) bond motifs is 1. The lowest BCUT2D eigenvalue weighted by atomic mass is 9.96. The van der Waals surface area contributed by atoms with Crippen LogP contribution >= 0.6 is 0 Å². The molecular weight excluding hydrogens is 472 g/mol. The van der Waals surface area contributed by atoms with Crippen molar-refractivity contribution in [3.05, 3.63) is 52.1 Å². The van der Waals surface area contributed by atoms with Crippen LogP contribution in [0.3, 0.4) is 0 Å². The predicted molar refractivity (Wildman–Crippen MR) is 143 cm³/mol. The summed E-state index contributed by atoms with van der Waals surface area (Å²) in [5.41, 5.74) is 4.36. The third kappa shape index (κ3) is 5.27. The van der Waals surface area contributed by atoms with E-state index >= 15 is 0 Å². The Morgan fingerprint density at radius 3 is 2.51 bits per heavy atom. The monoisotopic (exact) mass is 508 g/mol. The summed E-state index contributed by atoms with van der Waals surface area (Å²) >= 11 is 0. The number of nitrogens with one attached hydrogen (secondary N) is 2. The lowest BCUT2D eigenvalue weighted by Gasteiger charge is -2.31. The van der Waals surface area contributed by atoms with E-state index in [0.717, 1.165) is 35.7 Å². The Hall–Kier alpha value is -3.59. The quantitative estimate of drug-likeness (QED) is 0.500. The number of methoxy groups -OCH3 is 1. The van der Waals surface area contributed by atoms with Crippen LogP contribution in [-0.2, 0) is 11.3 Å². The number of benzene rings is 2. The third-order valence-corrected chi connectivity index (χ3v) is 6.84. The molecule has 0 saturated carbocycles. The molecule has 198 valence electrons. The highest BCUT2D eigenvalue weighted by molar-refractivity contribution is 6.08. The summed E-state index contributed by atoms with van der Waals surface area (Å²) < 4.78 is 17.0. The fraction of sp³-hybridized carbons (Fsp3) is 0.464. The third-order valence-electron chi connectivity index (χ3n) is 6.84. The molecule has 2 aromatic rings. The Morgan fingerprint density at radius 2 is 1.89 bits per heavy atom. The van der Waals surface area contributed by atoms with Crippen molar-refractivity contribution in [1.29, 1.82) is 5.41 Å². The van der Waals surface area contributed by atoms with Crippen LogP contribution < -0.4 is 19.7 Å². The van der Waals surface area contributed by atoms with Crippen LogP contribution in [0.4, 0.5) is 5.69 Å². The molecule has 0 atom stereocenters. The fourth-order valence-corrected chi connectivity index (χ4v) is 4.90. The van der Waals surface area contributed by atoms with Crippen molar-refractivity contribution in [1.82, 2.24) is 10.2 Å². The zero-order valence-corrected chi connectivity index (χ0v) is 22.3. The van der Waals surface area contributed by atoms with Crippen LogP contribution in [-0.4, -0.2) is 76.0 Å². The molecule has 0 aliphatic carbocycles. The van der Waals surface area contributed by atoms with Gasteiger partial charge in [-0.1, -0.05) is 13.8 Å². The number of nitrogens with zero attached hydrogens (tertiary/aromatic N) is 2. The van der Waals surface area contributed by atoms with Gasteiger partial charge in [0, 0.05) is 37.8 Å². The van der Waals surface area contributed by atoms with Crippen molar-refractivity contribution in [2.45, 2.75) is 33.2 Å². The minimum atomic E-state index is -0.274. The number of rotatable bonds is 9. The number of hydrogen-bond acceptors (Lipinski definition) is 7. The minimum absolute atomic E-state index is 0.0548. The molecule has 0 spiro atoms. The van der Waals surface area contributed by atoms with Gasteiger partial charge >= 0.3 is 0 Å². The zero-order chi connectivity index (χ0) is 26.7. The first kappa shape index (κ1) is 26.5. The molecule has 0 bridgehead atoms. The minimum Gasteiger partial charge on any atom is -0.494 e. The Balaban J connectivity index is 1.63. The Morgan fingerprint density at radius 1 is 1.16 bits per heavy atom. The van der Waals surface area contributed by atoms with Gasteiger partial charge in [0.15, 0.2) is 5.78 Å². The molecule has 2 aliphatic rings. The molecule has 1 saturated heterocycles. The summed E-state index contributed by atoms with van der Waals surface area (Å²) in [7, 11) is 3.23. The van der Waals surface area contributed by atoms with Gasteiger partial charge in [-0.3, -0.25) is 15.0 Å². The van der Waals surface area contributed by atoms with Crippen LogP contribution in [0.1, 0.15) is 64.1 Å². The number of hydrogen-bond donors (Lipinski definition) is 2. The predicted octanol–water partition coefficient (Wildman–Crippen LogP) is 3.44. The van der Waals surface area contributed by atoms with E-state index in [1.165, 1.54) is 0 Å². The Bertz CT molecular complexity index is 1200. The molecule has 1 amide bonds. The summed E-state index contributed by atoms with van der Waals surface area (Å²) in [4.78, 5) is 29.9. The first-order valence-corrected chi connectivity index (χ1v) is 12.7. The number of morpholine rings is 1. The zero-order valence-electron chi connectivity index (χ0n) is 22.3. The highest BCUT2D eigenvalue weighted by Gasteiger charge is 2.30. The number of anilines is 1. The Labute approximate surface area is 218 Å². The first-order chi connectivity index (χ1) is 17.8. The van der Waals surface area contributed by atoms with Gasteiger partial charge < -0.3 is 29.3 Å². The number of carbonyl (C=O) groups is 2. The normalized spacial score (nSPS) is 15.1. The highest BCUT2D eigenvalue weighted by Crippen LogP contribution is 2.38. The van der Waals surface area contributed by atoms with Crippen LogP contribution in [0.15, 0.2) is 24.3 Å². The maximum atomic E-state index is 13.6. The van der Waals surface area contributed by atoms with Crippen molar-refractivity contribution in [3.8, 4) is 11.5 Å². The van der Waals surface area contributed by atoms with Crippen molar-refractivity contribution in [2.75, 3.05) is 58.5 Å². The van der Waals surface area contributed by atoms with Gasteiger partial charge in [0.2, 0.25) is 0 Å². The van der Waals surface area contributed by atoms with E-state index in [1.54, 1.807) is 25.1 Å². The second-order valence-corrected chi connectivity index (χ2v) is 9.52. The standard InChI is InChI=1S/C28H36N4O5/c1-6-37-25-13-19-15-32(27(29)21(19)14-22(25)28(34)30-4)16-24(33)18-11-20(17(2)3)26(35-5)23(12-18)31-7-9-36-10-8-31/h11-14,17,29H,6-10,15-16H2,1-5H3,(H,30,34). The molecule has 9 heteroatoms. The average molecular weight is 509 g/mol. The molecule has 37 heavy (non-hydrogen) atoms. The molecule has 2 heterocycles. The number of amidine groups is 1. The molecule has 0 unspecified atom stereocenters.